The minimum absolute atomic E-state index is 0.0905. The van der Waals surface area contributed by atoms with Gasteiger partial charge in [0, 0.05) is 18.7 Å². The number of fused-ring (bicyclic) bond motifs is 1. The first kappa shape index (κ1) is 19.5. The zero-order chi connectivity index (χ0) is 21.9. The van der Waals surface area contributed by atoms with Gasteiger partial charge in [0.2, 0.25) is 5.91 Å². The number of carbonyl (C=O) groups is 1. The SMILES string of the molecule is Nc1[nH]c(=O)nc2c1ncn2CCC(=O)Nc1ccc(C23CC4CC(CC(C4)C2)C3)cc1. The molecule has 2 aromatic heterocycles. The van der Waals surface area contributed by atoms with Crippen LogP contribution in [0.2, 0.25) is 0 Å². The second-order valence-electron chi connectivity index (χ2n) is 10.1. The average molecular weight is 433 g/mol. The number of aromatic nitrogens is 4. The molecule has 2 heterocycles. The van der Waals surface area contributed by atoms with Gasteiger partial charge in [0.15, 0.2) is 5.65 Å². The van der Waals surface area contributed by atoms with Crippen molar-refractivity contribution >= 4 is 28.6 Å². The predicted octanol–water partition coefficient (Wildman–Crippen LogP) is 3.20. The van der Waals surface area contributed by atoms with Crippen molar-refractivity contribution in [3.63, 3.8) is 0 Å². The number of nitrogens with one attached hydrogen (secondary N) is 2. The van der Waals surface area contributed by atoms with Gasteiger partial charge in [-0.3, -0.25) is 9.78 Å². The van der Waals surface area contributed by atoms with Crippen LogP contribution in [0.15, 0.2) is 35.4 Å². The second kappa shape index (κ2) is 7.18. The number of hydrogen-bond acceptors (Lipinski definition) is 5. The summed E-state index contributed by atoms with van der Waals surface area (Å²) in [5.74, 6) is 2.84. The number of amides is 1. The number of H-pyrrole nitrogens is 1. The Balaban J connectivity index is 1.11. The van der Waals surface area contributed by atoms with Gasteiger partial charge in [-0.2, -0.15) is 4.98 Å². The summed E-state index contributed by atoms with van der Waals surface area (Å²) in [4.78, 5) is 34.7. The van der Waals surface area contributed by atoms with Gasteiger partial charge in [0.05, 0.1) is 6.33 Å². The third-order valence-corrected chi connectivity index (χ3v) is 7.91. The zero-order valence-corrected chi connectivity index (χ0v) is 18.0. The van der Waals surface area contributed by atoms with E-state index in [9.17, 15) is 9.59 Å². The standard InChI is InChI=1S/C24H28N6O2/c25-21-20-22(29-23(32)28-21)30(13-26-20)6-5-19(31)27-18-3-1-17(2-4-18)24-10-14-7-15(11-24)9-16(8-14)12-24/h1-4,13-16H,5-12H2,(H,27,31)(H3,25,28,29,32). The van der Waals surface area contributed by atoms with Crippen molar-refractivity contribution in [3.05, 3.63) is 46.6 Å². The van der Waals surface area contributed by atoms with Crippen molar-refractivity contribution in [2.45, 2.75) is 56.9 Å². The minimum Gasteiger partial charge on any atom is -0.383 e. The Morgan fingerprint density at radius 2 is 1.78 bits per heavy atom. The van der Waals surface area contributed by atoms with E-state index in [0.29, 0.717) is 23.1 Å². The lowest BCUT2D eigenvalue weighted by Crippen LogP contribution is -2.48. The van der Waals surface area contributed by atoms with E-state index in [2.05, 4.69) is 32.4 Å². The van der Waals surface area contributed by atoms with E-state index in [0.717, 1.165) is 23.4 Å². The summed E-state index contributed by atoms with van der Waals surface area (Å²) >= 11 is 0. The third-order valence-electron chi connectivity index (χ3n) is 7.91. The van der Waals surface area contributed by atoms with Crippen LogP contribution in [0.5, 0.6) is 0 Å². The minimum atomic E-state index is -0.527. The first-order valence-electron chi connectivity index (χ1n) is 11.6. The highest BCUT2D eigenvalue weighted by Crippen LogP contribution is 2.60. The van der Waals surface area contributed by atoms with Gasteiger partial charge >= 0.3 is 5.69 Å². The van der Waals surface area contributed by atoms with Crippen LogP contribution in [-0.4, -0.2) is 25.4 Å². The van der Waals surface area contributed by atoms with Gasteiger partial charge in [-0.15, -0.1) is 0 Å². The third kappa shape index (κ3) is 3.29. The first-order chi connectivity index (χ1) is 15.5. The summed E-state index contributed by atoms with van der Waals surface area (Å²) in [7, 11) is 0. The molecule has 4 saturated carbocycles. The quantitative estimate of drug-likeness (QED) is 0.572. The fourth-order valence-electron chi connectivity index (χ4n) is 6.96. The van der Waals surface area contributed by atoms with Crippen molar-refractivity contribution in [2.75, 3.05) is 11.1 Å². The number of anilines is 2. The lowest BCUT2D eigenvalue weighted by molar-refractivity contribution is -0.116. The van der Waals surface area contributed by atoms with Crippen LogP contribution in [-0.2, 0) is 16.8 Å². The highest BCUT2D eigenvalue weighted by atomic mass is 16.1. The van der Waals surface area contributed by atoms with Crippen molar-refractivity contribution in [3.8, 4) is 0 Å². The second-order valence-corrected chi connectivity index (χ2v) is 10.1. The van der Waals surface area contributed by atoms with Gasteiger partial charge in [0.1, 0.15) is 11.3 Å². The van der Waals surface area contributed by atoms with E-state index in [1.165, 1.54) is 44.1 Å². The molecule has 0 unspecified atom stereocenters. The van der Waals surface area contributed by atoms with Crippen molar-refractivity contribution < 1.29 is 4.79 Å². The molecule has 8 heteroatoms. The van der Waals surface area contributed by atoms with Crippen molar-refractivity contribution in [2.24, 2.45) is 17.8 Å². The average Bonchev–Trinajstić information content (AvgIpc) is 3.15. The molecule has 4 fully saturated rings. The number of benzene rings is 1. The van der Waals surface area contributed by atoms with Gasteiger partial charge in [-0.05, 0) is 79.4 Å². The van der Waals surface area contributed by atoms with Gasteiger partial charge in [0.25, 0.3) is 0 Å². The molecule has 166 valence electrons. The molecule has 32 heavy (non-hydrogen) atoms. The smallest absolute Gasteiger partial charge is 0.348 e. The van der Waals surface area contributed by atoms with Crippen molar-refractivity contribution in [1.82, 2.24) is 19.5 Å². The number of aromatic amines is 1. The molecule has 0 aliphatic heterocycles. The van der Waals surface area contributed by atoms with Crippen LogP contribution < -0.4 is 16.7 Å². The van der Waals surface area contributed by atoms with Crippen LogP contribution >= 0.6 is 0 Å². The summed E-state index contributed by atoms with van der Waals surface area (Å²) < 4.78 is 1.68. The molecule has 0 atom stereocenters. The van der Waals surface area contributed by atoms with Crippen LogP contribution in [0, 0.1) is 17.8 Å². The molecule has 0 spiro atoms. The molecule has 1 amide bonds. The van der Waals surface area contributed by atoms with Gasteiger partial charge < -0.3 is 15.6 Å². The van der Waals surface area contributed by atoms with E-state index in [-0.39, 0.29) is 18.1 Å². The summed E-state index contributed by atoms with van der Waals surface area (Å²) in [6.07, 6.45) is 10.1. The number of hydrogen-bond donors (Lipinski definition) is 3. The maximum absolute atomic E-state index is 12.5. The molecule has 3 aromatic rings. The Bertz CT molecular complexity index is 1210. The highest BCUT2D eigenvalue weighted by Gasteiger charge is 2.51. The number of nitrogens with two attached hydrogens (primary N) is 1. The molecule has 4 aliphatic carbocycles. The van der Waals surface area contributed by atoms with Crippen LogP contribution in [0.1, 0.15) is 50.5 Å². The Morgan fingerprint density at radius 1 is 1.12 bits per heavy atom. The van der Waals surface area contributed by atoms with E-state index >= 15 is 0 Å². The number of imidazole rings is 1. The predicted molar refractivity (Wildman–Crippen MR) is 122 cm³/mol. The zero-order valence-electron chi connectivity index (χ0n) is 18.0. The van der Waals surface area contributed by atoms with Gasteiger partial charge in [-0.25, -0.2) is 9.78 Å². The number of nitrogens with zero attached hydrogens (tertiary/aromatic N) is 3. The summed E-state index contributed by atoms with van der Waals surface area (Å²) in [6, 6.07) is 8.54. The van der Waals surface area contributed by atoms with Gasteiger partial charge in [-0.1, -0.05) is 12.1 Å². The van der Waals surface area contributed by atoms with E-state index in [1.54, 1.807) is 10.9 Å². The molecule has 4 bridgehead atoms. The van der Waals surface area contributed by atoms with Crippen LogP contribution in [0.3, 0.4) is 0 Å². The molecular weight excluding hydrogens is 404 g/mol. The lowest BCUT2D eigenvalue weighted by Gasteiger charge is -2.57. The fraction of sp³-hybridized carbons (Fsp3) is 0.500. The molecule has 0 saturated heterocycles. The summed E-state index contributed by atoms with van der Waals surface area (Å²) in [5.41, 5.74) is 8.72. The molecule has 8 nitrogen and oxygen atoms in total. The number of carbonyl (C=O) groups excluding carboxylic acids is 1. The highest BCUT2D eigenvalue weighted by molar-refractivity contribution is 5.90. The fourth-order valence-corrected chi connectivity index (χ4v) is 6.96. The molecule has 1 aromatic carbocycles. The van der Waals surface area contributed by atoms with Crippen molar-refractivity contribution in [1.29, 1.82) is 0 Å². The molecule has 4 N–H and O–H groups in total. The van der Waals surface area contributed by atoms with E-state index < -0.39 is 5.69 Å². The topological polar surface area (TPSA) is 119 Å². The molecule has 4 aliphatic rings. The van der Waals surface area contributed by atoms with E-state index in [1.807, 2.05) is 12.1 Å². The van der Waals surface area contributed by atoms with E-state index in [4.69, 9.17) is 5.73 Å². The molecule has 7 rings (SSSR count). The first-order valence-corrected chi connectivity index (χ1v) is 11.6. The normalized spacial score (nSPS) is 28.3. The van der Waals surface area contributed by atoms with Crippen LogP contribution in [0.4, 0.5) is 11.5 Å². The number of aryl methyl sites for hydroxylation is 1. The Labute approximate surface area is 185 Å². The Morgan fingerprint density at radius 3 is 2.44 bits per heavy atom. The number of nitrogen functional groups attached to an aromatic ring is 1. The lowest BCUT2D eigenvalue weighted by atomic mass is 9.48. The molecular formula is C24H28N6O2. The summed E-state index contributed by atoms with van der Waals surface area (Å²) in [5, 5.41) is 2.99. The van der Waals surface area contributed by atoms with Crippen LogP contribution in [0.25, 0.3) is 11.2 Å². The Kier molecular flexibility index (Phi) is 4.38. The number of rotatable bonds is 5. The summed E-state index contributed by atoms with van der Waals surface area (Å²) in [6.45, 7) is 0.365. The monoisotopic (exact) mass is 432 g/mol. The maximum atomic E-state index is 12.5. The largest absolute Gasteiger partial charge is 0.383 e. The molecule has 0 radical (unpaired) electrons. The Hall–Kier alpha value is -3.16. The maximum Gasteiger partial charge on any atom is 0.348 e.